The number of nitrogens with zero attached hydrogens (tertiary/aromatic N) is 5. The number of aromatic nitrogens is 4. The Morgan fingerprint density at radius 1 is 1.45 bits per heavy atom. The predicted octanol–water partition coefficient (Wildman–Crippen LogP) is 1.25. The minimum absolute atomic E-state index is 0.0474. The molecule has 0 saturated heterocycles. The molecule has 0 saturated carbocycles. The second-order valence-corrected chi connectivity index (χ2v) is 4.07. The summed E-state index contributed by atoms with van der Waals surface area (Å²) in [5.74, 6) is -0.0592. The van der Waals surface area contributed by atoms with Crippen LogP contribution in [0, 0.1) is 10.1 Å². The first-order valence-corrected chi connectivity index (χ1v) is 5.69. The summed E-state index contributed by atoms with van der Waals surface area (Å²) in [6.07, 6.45) is 1.51. The van der Waals surface area contributed by atoms with E-state index in [4.69, 9.17) is 0 Å². The topological polar surface area (TPSA) is 104 Å². The van der Waals surface area contributed by atoms with Crippen molar-refractivity contribution >= 4 is 23.1 Å². The van der Waals surface area contributed by atoms with Gasteiger partial charge in [0.25, 0.3) is 5.69 Å². The van der Waals surface area contributed by atoms with Gasteiger partial charge in [0.2, 0.25) is 5.82 Å². The summed E-state index contributed by atoms with van der Waals surface area (Å²) in [7, 11) is 1.58. The first-order chi connectivity index (χ1) is 9.47. The highest BCUT2D eigenvalue weighted by atomic mass is 16.6. The van der Waals surface area contributed by atoms with Crippen molar-refractivity contribution in [3.05, 3.63) is 45.8 Å². The highest BCUT2D eigenvalue weighted by Gasteiger charge is 2.14. The lowest BCUT2D eigenvalue weighted by Crippen LogP contribution is -2.00. The van der Waals surface area contributed by atoms with E-state index in [1.807, 2.05) is 0 Å². The molecule has 0 atom stereocenters. The van der Waals surface area contributed by atoms with Crippen LogP contribution in [0.5, 0.6) is 0 Å². The molecule has 0 bridgehead atoms. The molecule has 0 amide bonds. The first kappa shape index (κ1) is 13.5. The third-order valence-corrected chi connectivity index (χ3v) is 2.52. The van der Waals surface area contributed by atoms with Gasteiger partial charge in [-0.3, -0.25) is 14.9 Å². The Morgan fingerprint density at radius 2 is 2.20 bits per heavy atom. The van der Waals surface area contributed by atoms with E-state index >= 15 is 0 Å². The number of benzene rings is 1. The molecule has 0 spiro atoms. The van der Waals surface area contributed by atoms with Crippen LogP contribution in [0.25, 0.3) is 11.6 Å². The number of hydrogen-bond acceptors (Lipinski definition) is 6. The van der Waals surface area contributed by atoms with Crippen molar-refractivity contribution < 1.29 is 9.72 Å². The van der Waals surface area contributed by atoms with Crippen molar-refractivity contribution in [1.29, 1.82) is 0 Å². The summed E-state index contributed by atoms with van der Waals surface area (Å²) in [6, 6.07) is 5.96. The van der Waals surface area contributed by atoms with Crippen molar-refractivity contribution in [2.45, 2.75) is 6.92 Å². The normalized spacial score (nSPS) is 11.4. The first-order valence-electron chi connectivity index (χ1n) is 5.69. The van der Waals surface area contributed by atoms with Crippen LogP contribution in [-0.2, 0) is 11.8 Å². The average Bonchev–Trinajstić information content (AvgIpc) is 2.82. The summed E-state index contributed by atoms with van der Waals surface area (Å²) >= 11 is 0. The van der Waals surface area contributed by atoms with E-state index < -0.39 is 4.92 Å². The summed E-state index contributed by atoms with van der Waals surface area (Å²) < 4.78 is 0. The summed E-state index contributed by atoms with van der Waals surface area (Å²) in [4.78, 5) is 23.1. The van der Waals surface area contributed by atoms with Crippen molar-refractivity contribution in [2.75, 3.05) is 0 Å². The number of aryl methyl sites for hydroxylation is 1. The summed E-state index contributed by atoms with van der Waals surface area (Å²) in [5.41, 5.74) is 0.726. The van der Waals surface area contributed by atoms with E-state index in [2.05, 4.69) is 15.4 Å². The second kappa shape index (κ2) is 5.39. The van der Waals surface area contributed by atoms with E-state index in [1.165, 1.54) is 29.9 Å². The van der Waals surface area contributed by atoms with Crippen LogP contribution in [0.4, 0.5) is 5.69 Å². The zero-order valence-electron chi connectivity index (χ0n) is 10.8. The number of hydrogen-bond donors (Lipinski definition) is 0. The maximum Gasteiger partial charge on any atom is 0.270 e. The number of carbonyl (C=O) groups is 1. The van der Waals surface area contributed by atoms with Gasteiger partial charge in [0.05, 0.1) is 17.5 Å². The maximum atomic E-state index is 11.7. The molecule has 0 aliphatic rings. The van der Waals surface area contributed by atoms with Crippen LogP contribution in [0.1, 0.15) is 18.3 Å². The van der Waals surface area contributed by atoms with Crippen molar-refractivity contribution in [1.82, 2.24) is 20.2 Å². The number of rotatable bonds is 4. The summed E-state index contributed by atoms with van der Waals surface area (Å²) in [5, 5.41) is 22.1. The lowest BCUT2D eigenvalue weighted by molar-refractivity contribution is -0.384. The van der Waals surface area contributed by atoms with Gasteiger partial charge < -0.3 is 0 Å². The van der Waals surface area contributed by atoms with E-state index in [-0.39, 0.29) is 22.9 Å². The molecular formula is C12H11N5O3. The van der Waals surface area contributed by atoms with Crippen LogP contribution < -0.4 is 0 Å². The summed E-state index contributed by atoms with van der Waals surface area (Å²) in [6.45, 7) is 1.37. The molecule has 8 nitrogen and oxygen atoms in total. The molecule has 102 valence electrons. The zero-order chi connectivity index (χ0) is 14.7. The number of nitro benzene ring substituents is 1. The molecular weight excluding hydrogens is 262 g/mol. The Bertz CT molecular complexity index is 705. The van der Waals surface area contributed by atoms with Crippen LogP contribution >= 0.6 is 0 Å². The van der Waals surface area contributed by atoms with Gasteiger partial charge in [0.15, 0.2) is 5.78 Å². The molecule has 0 radical (unpaired) electrons. The van der Waals surface area contributed by atoms with Gasteiger partial charge >= 0.3 is 0 Å². The number of Topliss-reactive ketones (excluding diaryl/α,β-unsaturated/α-hetero) is 1. The maximum absolute atomic E-state index is 11.7. The molecule has 8 heteroatoms. The SMILES string of the molecule is CC(=O)C(=Cc1cccc([N+](=O)[O-])c1)c1nnn(C)n1. The van der Waals surface area contributed by atoms with Crippen molar-refractivity contribution in [3.8, 4) is 0 Å². The smallest absolute Gasteiger partial charge is 0.270 e. The van der Waals surface area contributed by atoms with Gasteiger partial charge in [-0.25, -0.2) is 0 Å². The Morgan fingerprint density at radius 3 is 2.75 bits per heavy atom. The Kier molecular flexibility index (Phi) is 3.65. The largest absolute Gasteiger partial charge is 0.294 e. The molecule has 2 rings (SSSR count). The molecule has 20 heavy (non-hydrogen) atoms. The molecule has 0 N–H and O–H groups in total. The Labute approximate surface area is 113 Å². The molecule has 0 unspecified atom stereocenters. The van der Waals surface area contributed by atoms with Gasteiger partial charge in [-0.1, -0.05) is 12.1 Å². The third kappa shape index (κ3) is 2.91. The van der Waals surface area contributed by atoms with Crippen LogP contribution in [0.15, 0.2) is 24.3 Å². The second-order valence-electron chi connectivity index (χ2n) is 4.07. The number of carbonyl (C=O) groups excluding carboxylic acids is 1. The highest BCUT2D eigenvalue weighted by molar-refractivity contribution is 6.23. The van der Waals surface area contributed by atoms with Gasteiger partial charge in [0, 0.05) is 12.1 Å². The zero-order valence-corrected chi connectivity index (χ0v) is 10.8. The number of non-ortho nitro benzene ring substituents is 1. The minimum Gasteiger partial charge on any atom is -0.294 e. The predicted molar refractivity (Wildman–Crippen MR) is 70.4 cm³/mol. The molecule has 1 aromatic carbocycles. The van der Waals surface area contributed by atoms with Crippen molar-refractivity contribution in [3.63, 3.8) is 0 Å². The van der Waals surface area contributed by atoms with Crippen LogP contribution in [-0.4, -0.2) is 30.9 Å². The lowest BCUT2D eigenvalue weighted by Gasteiger charge is -1.99. The average molecular weight is 273 g/mol. The number of tetrazole rings is 1. The number of ketones is 1. The highest BCUT2D eigenvalue weighted by Crippen LogP contribution is 2.19. The van der Waals surface area contributed by atoms with E-state index in [0.717, 1.165) is 0 Å². The Hall–Kier alpha value is -2.90. The Balaban J connectivity index is 2.46. The number of nitro groups is 1. The van der Waals surface area contributed by atoms with Crippen LogP contribution in [0.3, 0.4) is 0 Å². The molecule has 1 aromatic heterocycles. The molecule has 1 heterocycles. The van der Waals surface area contributed by atoms with Gasteiger partial charge in [-0.15, -0.1) is 10.2 Å². The van der Waals surface area contributed by atoms with E-state index in [9.17, 15) is 14.9 Å². The number of allylic oxidation sites excluding steroid dienone is 1. The van der Waals surface area contributed by atoms with E-state index in [1.54, 1.807) is 19.2 Å². The van der Waals surface area contributed by atoms with Gasteiger partial charge in [0.1, 0.15) is 0 Å². The fraction of sp³-hybridized carbons (Fsp3) is 0.167. The fourth-order valence-corrected chi connectivity index (χ4v) is 1.61. The van der Waals surface area contributed by atoms with Gasteiger partial charge in [-0.05, 0) is 23.8 Å². The quantitative estimate of drug-likeness (QED) is 0.471. The van der Waals surface area contributed by atoms with Crippen LogP contribution in [0.2, 0.25) is 0 Å². The van der Waals surface area contributed by atoms with Gasteiger partial charge in [-0.2, -0.15) is 4.80 Å². The third-order valence-electron chi connectivity index (χ3n) is 2.52. The monoisotopic (exact) mass is 273 g/mol. The van der Waals surface area contributed by atoms with E-state index in [0.29, 0.717) is 5.56 Å². The molecule has 0 fully saturated rings. The molecule has 2 aromatic rings. The molecule has 0 aliphatic carbocycles. The minimum atomic E-state index is -0.495. The lowest BCUT2D eigenvalue weighted by atomic mass is 10.1. The van der Waals surface area contributed by atoms with Crippen molar-refractivity contribution in [2.24, 2.45) is 7.05 Å². The fourth-order valence-electron chi connectivity index (χ4n) is 1.61. The standard InChI is InChI=1S/C12H11N5O3/c1-8(18)11(12-13-15-16(2)14-12)7-9-4-3-5-10(6-9)17(19)20/h3-7H,1-2H3. The molecule has 0 aliphatic heterocycles.